The van der Waals surface area contributed by atoms with Crippen LogP contribution in [0.3, 0.4) is 0 Å². The summed E-state index contributed by atoms with van der Waals surface area (Å²) in [5.41, 5.74) is 1.09. The lowest BCUT2D eigenvalue weighted by atomic mass is 10.1. The maximum atomic E-state index is 12.7. The molecule has 3 aromatic rings. The highest BCUT2D eigenvalue weighted by Gasteiger charge is 2.29. The van der Waals surface area contributed by atoms with Crippen LogP contribution in [0.2, 0.25) is 0 Å². The minimum absolute atomic E-state index is 0.262. The highest BCUT2D eigenvalue weighted by atomic mass is 16.7. The molecule has 124 valence electrons. The molecule has 4 rings (SSSR count). The first-order chi connectivity index (χ1) is 12.3. The second-order valence-electron chi connectivity index (χ2n) is 5.55. The van der Waals surface area contributed by atoms with Gasteiger partial charge in [0.2, 0.25) is 12.2 Å². The summed E-state index contributed by atoms with van der Waals surface area (Å²) < 4.78 is 16.6. The Morgan fingerprint density at radius 1 is 1.08 bits per heavy atom. The largest absolute Gasteiger partial charge is 0.460 e. The highest BCUT2D eigenvalue weighted by molar-refractivity contribution is 5.98. The maximum absolute atomic E-state index is 12.7. The van der Waals surface area contributed by atoms with Gasteiger partial charge in [0, 0.05) is 24.3 Å². The van der Waals surface area contributed by atoms with Gasteiger partial charge in [-0.3, -0.25) is 0 Å². The molecular formula is C20H15NO4. The van der Waals surface area contributed by atoms with Crippen LogP contribution in [0.25, 0.3) is 16.8 Å². The van der Waals surface area contributed by atoms with E-state index >= 15 is 0 Å². The van der Waals surface area contributed by atoms with Crippen molar-refractivity contribution in [1.82, 2.24) is 4.98 Å². The average molecular weight is 333 g/mol. The Bertz CT molecular complexity index is 975. The van der Waals surface area contributed by atoms with Crippen molar-refractivity contribution in [2.75, 3.05) is 7.11 Å². The predicted octanol–water partition coefficient (Wildman–Crippen LogP) is 3.59. The van der Waals surface area contributed by atoms with Gasteiger partial charge in [0.1, 0.15) is 11.3 Å². The minimum atomic E-state index is -0.822. The first-order valence-corrected chi connectivity index (χ1v) is 7.82. The molecule has 1 aliphatic heterocycles. The van der Waals surface area contributed by atoms with Gasteiger partial charge in [-0.15, -0.1) is 0 Å². The lowest BCUT2D eigenvalue weighted by molar-refractivity contribution is -0.134. The number of nitrogens with zero attached hydrogens (tertiary/aromatic N) is 1. The number of hydrogen-bond acceptors (Lipinski definition) is 5. The van der Waals surface area contributed by atoms with Crippen LogP contribution in [0.5, 0.6) is 11.6 Å². The molecule has 1 unspecified atom stereocenters. The number of carbonyl (C=O) groups excluding carboxylic acids is 1. The molecule has 0 saturated carbocycles. The maximum Gasteiger partial charge on any atom is 0.347 e. The summed E-state index contributed by atoms with van der Waals surface area (Å²) in [5.74, 6) is 0.372. The van der Waals surface area contributed by atoms with Crippen LogP contribution in [-0.4, -0.2) is 24.4 Å². The van der Waals surface area contributed by atoms with Gasteiger partial charge in [-0.1, -0.05) is 36.4 Å². The molecule has 0 saturated heterocycles. The number of rotatable bonds is 3. The van der Waals surface area contributed by atoms with E-state index in [1.54, 1.807) is 12.3 Å². The van der Waals surface area contributed by atoms with E-state index < -0.39 is 12.3 Å². The fourth-order valence-corrected chi connectivity index (χ4v) is 2.77. The van der Waals surface area contributed by atoms with E-state index in [1.807, 2.05) is 54.6 Å². The fraction of sp³-hybridized carbons (Fsp3) is 0.100. The van der Waals surface area contributed by atoms with Crippen LogP contribution in [0.4, 0.5) is 0 Å². The number of aromatic nitrogens is 1. The van der Waals surface area contributed by atoms with Gasteiger partial charge in [0.05, 0.1) is 0 Å². The van der Waals surface area contributed by atoms with Gasteiger partial charge in [0.25, 0.3) is 0 Å². The number of esters is 1. The third-order valence-corrected chi connectivity index (χ3v) is 3.99. The zero-order chi connectivity index (χ0) is 17.2. The predicted molar refractivity (Wildman–Crippen MR) is 93.2 cm³/mol. The Morgan fingerprint density at radius 2 is 1.88 bits per heavy atom. The summed E-state index contributed by atoms with van der Waals surface area (Å²) in [6.45, 7) is 0. The lowest BCUT2D eigenvalue weighted by Crippen LogP contribution is -2.31. The van der Waals surface area contributed by atoms with E-state index in [0.29, 0.717) is 5.75 Å². The summed E-state index contributed by atoms with van der Waals surface area (Å²) in [5, 5.41) is 1.72. The molecule has 0 fully saturated rings. The van der Waals surface area contributed by atoms with Crippen molar-refractivity contribution in [3.8, 4) is 11.6 Å². The van der Waals surface area contributed by atoms with E-state index in [2.05, 4.69) is 4.98 Å². The van der Waals surface area contributed by atoms with Gasteiger partial charge in [-0.05, 0) is 29.7 Å². The first-order valence-electron chi connectivity index (χ1n) is 7.82. The Hall–Kier alpha value is -3.18. The van der Waals surface area contributed by atoms with Crippen LogP contribution in [0.1, 0.15) is 5.56 Å². The Balaban J connectivity index is 1.69. The van der Waals surface area contributed by atoms with Crippen molar-refractivity contribution in [2.24, 2.45) is 0 Å². The second-order valence-corrected chi connectivity index (χ2v) is 5.55. The zero-order valence-corrected chi connectivity index (χ0v) is 13.5. The summed E-state index contributed by atoms with van der Waals surface area (Å²) in [6.07, 6.45) is 2.51. The number of fused-ring (bicyclic) bond motifs is 2. The van der Waals surface area contributed by atoms with Gasteiger partial charge in [0.15, 0.2) is 0 Å². The molecule has 5 nitrogen and oxygen atoms in total. The third kappa shape index (κ3) is 2.86. The van der Waals surface area contributed by atoms with Gasteiger partial charge in [-0.2, -0.15) is 0 Å². The molecule has 2 aromatic carbocycles. The van der Waals surface area contributed by atoms with Crippen molar-refractivity contribution in [3.63, 3.8) is 0 Å². The van der Waals surface area contributed by atoms with Crippen molar-refractivity contribution in [2.45, 2.75) is 6.29 Å². The molecule has 1 aromatic heterocycles. The molecule has 0 aliphatic carbocycles. The average Bonchev–Trinajstić information content (AvgIpc) is 2.67. The monoisotopic (exact) mass is 333 g/mol. The third-order valence-electron chi connectivity index (χ3n) is 3.99. The molecule has 0 amide bonds. The van der Waals surface area contributed by atoms with Crippen molar-refractivity contribution in [1.29, 1.82) is 0 Å². The van der Waals surface area contributed by atoms with E-state index in [0.717, 1.165) is 16.3 Å². The molecular weight excluding hydrogens is 318 g/mol. The highest BCUT2D eigenvalue weighted by Crippen LogP contribution is 2.31. The standard InChI is InChI=1S/C20H15NO4/c1-23-20-16(12-14-7-3-5-9-17(14)24-20)19(22)25-18-15-8-4-2-6-13(15)10-11-21-18/h2-12,20H,1H3. The Labute approximate surface area is 144 Å². The number of hydrogen-bond donors (Lipinski definition) is 0. The van der Waals surface area contributed by atoms with Crippen molar-refractivity contribution >= 4 is 22.8 Å². The van der Waals surface area contributed by atoms with Crippen LogP contribution < -0.4 is 9.47 Å². The SMILES string of the molecule is COC1Oc2ccccc2C=C1C(=O)Oc1nccc2ccccc12. The van der Waals surface area contributed by atoms with E-state index in [9.17, 15) is 4.79 Å². The molecule has 0 N–H and O–H groups in total. The van der Waals surface area contributed by atoms with Crippen LogP contribution >= 0.6 is 0 Å². The van der Waals surface area contributed by atoms with Gasteiger partial charge < -0.3 is 14.2 Å². The molecule has 25 heavy (non-hydrogen) atoms. The van der Waals surface area contributed by atoms with Crippen LogP contribution in [0.15, 0.2) is 66.4 Å². The molecule has 1 aliphatic rings. The second kappa shape index (κ2) is 6.37. The molecule has 0 bridgehead atoms. The fourth-order valence-electron chi connectivity index (χ4n) is 2.77. The van der Waals surface area contributed by atoms with E-state index in [-0.39, 0.29) is 11.5 Å². The zero-order valence-electron chi connectivity index (χ0n) is 13.5. The summed E-state index contributed by atoms with van der Waals surface area (Å²) in [4.78, 5) is 16.9. The number of ether oxygens (including phenoxy) is 3. The summed E-state index contributed by atoms with van der Waals surface area (Å²) in [7, 11) is 1.48. The first kappa shape index (κ1) is 15.4. The summed E-state index contributed by atoms with van der Waals surface area (Å²) >= 11 is 0. The molecule has 5 heteroatoms. The van der Waals surface area contributed by atoms with Gasteiger partial charge in [-0.25, -0.2) is 9.78 Å². The van der Waals surface area contributed by atoms with Crippen molar-refractivity contribution < 1.29 is 19.0 Å². The molecule has 0 spiro atoms. The van der Waals surface area contributed by atoms with E-state index in [4.69, 9.17) is 14.2 Å². The van der Waals surface area contributed by atoms with Crippen molar-refractivity contribution in [3.05, 3.63) is 71.9 Å². The normalized spacial score (nSPS) is 15.9. The summed E-state index contributed by atoms with van der Waals surface area (Å²) in [6, 6.07) is 16.9. The minimum Gasteiger partial charge on any atom is -0.460 e. The van der Waals surface area contributed by atoms with Gasteiger partial charge >= 0.3 is 5.97 Å². The quantitative estimate of drug-likeness (QED) is 0.686. The molecule has 1 atom stereocenters. The number of benzene rings is 2. The topological polar surface area (TPSA) is 57.7 Å². The van der Waals surface area contributed by atoms with Crippen LogP contribution in [0, 0.1) is 0 Å². The number of carbonyl (C=O) groups is 1. The Kier molecular flexibility index (Phi) is 3.91. The number of para-hydroxylation sites is 1. The van der Waals surface area contributed by atoms with E-state index in [1.165, 1.54) is 7.11 Å². The van der Waals surface area contributed by atoms with Crippen LogP contribution in [-0.2, 0) is 9.53 Å². The number of methoxy groups -OCH3 is 1. The molecule has 2 heterocycles. The number of pyridine rings is 1. The lowest BCUT2D eigenvalue weighted by Gasteiger charge is -2.24. The smallest absolute Gasteiger partial charge is 0.347 e. The molecule has 0 radical (unpaired) electrons. The Morgan fingerprint density at radius 3 is 2.76 bits per heavy atom.